The highest BCUT2D eigenvalue weighted by Crippen LogP contribution is 2.21. The van der Waals surface area contributed by atoms with Crippen molar-refractivity contribution >= 4 is 0 Å². The Morgan fingerprint density at radius 2 is 1.82 bits per heavy atom. The van der Waals surface area contributed by atoms with Crippen LogP contribution >= 0.6 is 0 Å². The zero-order chi connectivity index (χ0) is 13.6. The molecule has 6 heteroatoms. The fraction of sp³-hybridized carbons (Fsp3) is 1.00. The summed E-state index contributed by atoms with van der Waals surface area (Å²) >= 11 is 0. The molecule has 0 fully saturated rings. The third-order valence-electron chi connectivity index (χ3n) is 2.75. The highest BCUT2D eigenvalue weighted by Gasteiger charge is 2.36. The molecule has 0 aliphatic carbocycles. The van der Waals surface area contributed by atoms with Crippen molar-refractivity contribution in [3.8, 4) is 0 Å². The third kappa shape index (κ3) is 6.24. The Balaban J connectivity index is 4.75. The maximum Gasteiger partial charge on any atom is 0.401 e. The Bertz CT molecular complexity index is 209. The first kappa shape index (κ1) is 16.7. The molecule has 2 unspecified atom stereocenters. The van der Waals surface area contributed by atoms with Crippen molar-refractivity contribution in [3.63, 3.8) is 0 Å². The van der Waals surface area contributed by atoms with Crippen LogP contribution < -0.4 is 5.73 Å². The molecule has 0 heterocycles. The van der Waals surface area contributed by atoms with Gasteiger partial charge in [0.25, 0.3) is 0 Å². The quantitative estimate of drug-likeness (QED) is 0.729. The number of aliphatic hydroxyl groups excluding tert-OH is 1. The van der Waals surface area contributed by atoms with Crippen LogP contribution in [-0.4, -0.2) is 47.5 Å². The molecule has 2 atom stereocenters. The van der Waals surface area contributed by atoms with Gasteiger partial charge in [0.2, 0.25) is 0 Å². The van der Waals surface area contributed by atoms with Crippen LogP contribution in [0.15, 0.2) is 0 Å². The van der Waals surface area contributed by atoms with Gasteiger partial charge in [0.1, 0.15) is 0 Å². The molecule has 17 heavy (non-hydrogen) atoms. The molecule has 0 rings (SSSR count). The molecule has 0 spiro atoms. The second kappa shape index (κ2) is 7.18. The molecular formula is C11H23F3N2O. The highest BCUT2D eigenvalue weighted by atomic mass is 19.4. The van der Waals surface area contributed by atoms with Gasteiger partial charge in [-0.05, 0) is 20.3 Å². The number of hydrogen-bond acceptors (Lipinski definition) is 3. The van der Waals surface area contributed by atoms with Crippen LogP contribution in [0.5, 0.6) is 0 Å². The first-order valence-corrected chi connectivity index (χ1v) is 5.91. The van der Waals surface area contributed by atoms with Crippen LogP contribution in [0, 0.1) is 0 Å². The van der Waals surface area contributed by atoms with E-state index >= 15 is 0 Å². The summed E-state index contributed by atoms with van der Waals surface area (Å²) in [6.07, 6.45) is -2.88. The monoisotopic (exact) mass is 256 g/mol. The van der Waals surface area contributed by atoms with E-state index in [-0.39, 0.29) is 12.6 Å². The van der Waals surface area contributed by atoms with Gasteiger partial charge in [-0.2, -0.15) is 13.2 Å². The highest BCUT2D eigenvalue weighted by molar-refractivity contribution is 4.84. The van der Waals surface area contributed by atoms with E-state index in [0.717, 1.165) is 6.42 Å². The van der Waals surface area contributed by atoms with Gasteiger partial charge in [-0.3, -0.25) is 4.90 Å². The molecule has 0 aliphatic rings. The van der Waals surface area contributed by atoms with Crippen LogP contribution in [0.1, 0.15) is 33.6 Å². The van der Waals surface area contributed by atoms with E-state index in [9.17, 15) is 18.3 Å². The normalized spacial score (nSPS) is 16.6. The summed E-state index contributed by atoms with van der Waals surface area (Å²) in [4.78, 5) is 1.22. The minimum Gasteiger partial charge on any atom is -0.395 e. The van der Waals surface area contributed by atoms with Gasteiger partial charge in [0.05, 0.1) is 13.2 Å². The standard InChI is InChI=1S/C11H23F3N2O/c1-4-5-9(15)10(6-17)16(8(2)3)7-11(12,13)14/h8-10,17H,4-7,15H2,1-3H3. The van der Waals surface area contributed by atoms with Crippen molar-refractivity contribution in [3.05, 3.63) is 0 Å². The molecule has 3 nitrogen and oxygen atoms in total. The summed E-state index contributed by atoms with van der Waals surface area (Å²) in [6.45, 7) is 3.88. The Kier molecular flexibility index (Phi) is 7.04. The smallest absolute Gasteiger partial charge is 0.395 e. The molecule has 0 aliphatic heterocycles. The zero-order valence-corrected chi connectivity index (χ0v) is 10.7. The van der Waals surface area contributed by atoms with Crippen LogP contribution in [0.4, 0.5) is 13.2 Å². The summed E-state index contributed by atoms with van der Waals surface area (Å²) in [5, 5.41) is 9.25. The van der Waals surface area contributed by atoms with Gasteiger partial charge in [0, 0.05) is 18.1 Å². The fourth-order valence-electron chi connectivity index (χ4n) is 1.90. The topological polar surface area (TPSA) is 49.5 Å². The van der Waals surface area contributed by atoms with Gasteiger partial charge in [-0.15, -0.1) is 0 Å². The molecule has 3 N–H and O–H groups in total. The summed E-state index contributed by atoms with van der Waals surface area (Å²) in [7, 11) is 0. The van der Waals surface area contributed by atoms with Crippen LogP contribution in [0.25, 0.3) is 0 Å². The fourth-order valence-corrected chi connectivity index (χ4v) is 1.90. The molecule has 0 aromatic heterocycles. The molecule has 0 saturated heterocycles. The zero-order valence-electron chi connectivity index (χ0n) is 10.7. The van der Waals surface area contributed by atoms with Crippen molar-refractivity contribution in [1.29, 1.82) is 0 Å². The van der Waals surface area contributed by atoms with Crippen molar-refractivity contribution in [2.45, 2.75) is 57.9 Å². The molecule has 0 aromatic carbocycles. The van der Waals surface area contributed by atoms with E-state index < -0.39 is 24.8 Å². The maximum absolute atomic E-state index is 12.4. The molecule has 104 valence electrons. The van der Waals surface area contributed by atoms with Gasteiger partial charge in [-0.1, -0.05) is 13.3 Å². The number of nitrogens with two attached hydrogens (primary N) is 1. The van der Waals surface area contributed by atoms with Crippen molar-refractivity contribution in [1.82, 2.24) is 4.90 Å². The number of nitrogens with zero attached hydrogens (tertiary/aromatic N) is 1. The van der Waals surface area contributed by atoms with Gasteiger partial charge in [0.15, 0.2) is 0 Å². The van der Waals surface area contributed by atoms with Crippen LogP contribution in [-0.2, 0) is 0 Å². The average Bonchev–Trinajstić information content (AvgIpc) is 2.15. The summed E-state index contributed by atoms with van der Waals surface area (Å²) in [5.41, 5.74) is 5.83. The summed E-state index contributed by atoms with van der Waals surface area (Å²) in [5.74, 6) is 0. The molecule has 0 saturated carbocycles. The van der Waals surface area contributed by atoms with Crippen molar-refractivity contribution < 1.29 is 18.3 Å². The molecule has 0 aromatic rings. The van der Waals surface area contributed by atoms with E-state index in [0.29, 0.717) is 6.42 Å². The van der Waals surface area contributed by atoms with Crippen LogP contribution in [0.2, 0.25) is 0 Å². The minimum atomic E-state index is -4.27. The van der Waals surface area contributed by atoms with E-state index in [1.54, 1.807) is 13.8 Å². The van der Waals surface area contributed by atoms with Gasteiger partial charge >= 0.3 is 6.18 Å². The third-order valence-corrected chi connectivity index (χ3v) is 2.75. The molecule has 0 bridgehead atoms. The van der Waals surface area contributed by atoms with E-state index in [2.05, 4.69) is 0 Å². The average molecular weight is 256 g/mol. The first-order chi connectivity index (χ1) is 7.72. The summed E-state index contributed by atoms with van der Waals surface area (Å²) < 4.78 is 37.3. The summed E-state index contributed by atoms with van der Waals surface area (Å²) in [6, 6.07) is -1.39. The number of aliphatic hydroxyl groups is 1. The van der Waals surface area contributed by atoms with E-state index in [4.69, 9.17) is 5.73 Å². The lowest BCUT2D eigenvalue weighted by molar-refractivity contribution is -0.158. The first-order valence-electron chi connectivity index (χ1n) is 5.91. The Labute approximate surface area is 101 Å². The number of halogens is 3. The maximum atomic E-state index is 12.4. The Morgan fingerprint density at radius 1 is 1.29 bits per heavy atom. The molecule has 0 radical (unpaired) electrons. The van der Waals surface area contributed by atoms with E-state index in [1.807, 2.05) is 6.92 Å². The van der Waals surface area contributed by atoms with Crippen LogP contribution in [0.3, 0.4) is 0 Å². The number of hydrogen-bond donors (Lipinski definition) is 2. The second-order valence-corrected chi connectivity index (χ2v) is 4.58. The predicted molar refractivity (Wildman–Crippen MR) is 61.7 cm³/mol. The van der Waals surface area contributed by atoms with Crippen molar-refractivity contribution in [2.24, 2.45) is 5.73 Å². The molecular weight excluding hydrogens is 233 g/mol. The predicted octanol–water partition coefficient (Wildman–Crippen LogP) is 1.75. The van der Waals surface area contributed by atoms with Crippen molar-refractivity contribution in [2.75, 3.05) is 13.2 Å². The largest absolute Gasteiger partial charge is 0.401 e. The number of rotatable bonds is 7. The lowest BCUT2D eigenvalue weighted by atomic mass is 10.0. The number of alkyl halides is 3. The lowest BCUT2D eigenvalue weighted by Crippen LogP contribution is -2.55. The van der Waals surface area contributed by atoms with E-state index in [1.165, 1.54) is 4.90 Å². The lowest BCUT2D eigenvalue weighted by Gasteiger charge is -2.37. The Hall–Kier alpha value is -0.330. The Morgan fingerprint density at radius 3 is 2.12 bits per heavy atom. The van der Waals surface area contributed by atoms with Gasteiger partial charge < -0.3 is 10.8 Å². The SMILES string of the molecule is CCCC(N)C(CO)N(CC(F)(F)F)C(C)C. The second-order valence-electron chi connectivity index (χ2n) is 4.58. The minimum absolute atomic E-state index is 0.309. The molecule has 0 amide bonds. The van der Waals surface area contributed by atoms with Gasteiger partial charge in [-0.25, -0.2) is 0 Å².